The normalized spacial score (nSPS) is 16.7. The minimum absolute atomic E-state index is 0.0141. The number of nitrogens with zero attached hydrogens (tertiary/aromatic N) is 3. The van der Waals surface area contributed by atoms with Gasteiger partial charge in [0, 0.05) is 18.0 Å². The summed E-state index contributed by atoms with van der Waals surface area (Å²) < 4.78 is 2.35. The molecule has 3 aromatic heterocycles. The van der Waals surface area contributed by atoms with E-state index in [-0.39, 0.29) is 17.5 Å². The van der Waals surface area contributed by atoms with Crippen molar-refractivity contribution >= 4 is 50.6 Å². The van der Waals surface area contributed by atoms with Gasteiger partial charge in [-0.2, -0.15) is 0 Å². The van der Waals surface area contributed by atoms with Gasteiger partial charge in [0.1, 0.15) is 4.70 Å². The molecule has 3 aromatic rings. The quantitative estimate of drug-likeness (QED) is 0.460. The second-order valence-corrected chi connectivity index (χ2v) is 9.29. The molecule has 0 spiro atoms. The average Bonchev–Trinajstić information content (AvgIpc) is 3.34. The zero-order chi connectivity index (χ0) is 19.0. The highest BCUT2D eigenvalue weighted by atomic mass is 32.2. The van der Waals surface area contributed by atoms with Crippen LogP contribution in [0.1, 0.15) is 36.8 Å². The number of amides is 1. The summed E-state index contributed by atoms with van der Waals surface area (Å²) >= 11 is 4.57. The first-order valence-electron chi connectivity index (χ1n) is 9.10. The Balaban J connectivity index is 1.54. The van der Waals surface area contributed by atoms with Gasteiger partial charge in [-0.1, -0.05) is 18.7 Å². The molecule has 4 rings (SSSR count). The molecule has 0 N–H and O–H groups in total. The van der Waals surface area contributed by atoms with Crippen LogP contribution in [-0.4, -0.2) is 32.7 Å². The number of aromatic nitrogens is 2. The lowest BCUT2D eigenvalue weighted by Gasteiger charge is -2.35. The van der Waals surface area contributed by atoms with Crippen molar-refractivity contribution in [3.63, 3.8) is 0 Å². The van der Waals surface area contributed by atoms with E-state index in [0.29, 0.717) is 22.2 Å². The summed E-state index contributed by atoms with van der Waals surface area (Å²) in [5.74, 6) is 0.420. The summed E-state index contributed by atoms with van der Waals surface area (Å²) in [5.41, 5.74) is 2.01. The van der Waals surface area contributed by atoms with Gasteiger partial charge in [-0.05, 0) is 48.2 Å². The SMILES string of the molecule is CCC1c2ccsc2CCN1C(=O)CSc1nc2ccsc2c(=O)n1CC. The summed E-state index contributed by atoms with van der Waals surface area (Å²) in [6, 6.07) is 4.18. The van der Waals surface area contributed by atoms with Crippen molar-refractivity contribution in [3.8, 4) is 0 Å². The predicted octanol–water partition coefficient (Wildman–Crippen LogP) is 4.17. The first kappa shape index (κ1) is 18.7. The van der Waals surface area contributed by atoms with Crippen molar-refractivity contribution in [3.05, 3.63) is 43.7 Å². The molecule has 1 aliphatic rings. The Morgan fingerprint density at radius 1 is 1.30 bits per heavy atom. The Morgan fingerprint density at radius 3 is 2.89 bits per heavy atom. The molecule has 8 heteroatoms. The second kappa shape index (κ2) is 7.77. The maximum atomic E-state index is 13.0. The van der Waals surface area contributed by atoms with Crippen molar-refractivity contribution in [2.45, 2.75) is 44.4 Å². The number of thiophene rings is 2. The van der Waals surface area contributed by atoms with Crippen molar-refractivity contribution in [2.75, 3.05) is 12.3 Å². The van der Waals surface area contributed by atoms with Crippen molar-refractivity contribution in [1.82, 2.24) is 14.5 Å². The topological polar surface area (TPSA) is 55.2 Å². The largest absolute Gasteiger partial charge is 0.335 e. The maximum Gasteiger partial charge on any atom is 0.272 e. The molecule has 27 heavy (non-hydrogen) atoms. The molecule has 1 aliphatic heterocycles. The summed E-state index contributed by atoms with van der Waals surface area (Å²) in [4.78, 5) is 33.6. The molecule has 1 amide bonds. The van der Waals surface area contributed by atoms with E-state index in [1.807, 2.05) is 23.3 Å². The highest BCUT2D eigenvalue weighted by Crippen LogP contribution is 2.35. The van der Waals surface area contributed by atoms with Gasteiger partial charge >= 0.3 is 0 Å². The lowest BCUT2D eigenvalue weighted by Crippen LogP contribution is -2.40. The van der Waals surface area contributed by atoms with E-state index in [9.17, 15) is 9.59 Å². The van der Waals surface area contributed by atoms with Gasteiger partial charge in [-0.3, -0.25) is 14.2 Å². The predicted molar refractivity (Wildman–Crippen MR) is 113 cm³/mol. The van der Waals surface area contributed by atoms with E-state index in [1.165, 1.54) is 33.5 Å². The number of fused-ring (bicyclic) bond motifs is 2. The zero-order valence-electron chi connectivity index (χ0n) is 15.3. The third-order valence-electron chi connectivity index (χ3n) is 4.97. The van der Waals surface area contributed by atoms with E-state index in [0.717, 1.165) is 24.9 Å². The number of hydrogen-bond donors (Lipinski definition) is 0. The molecule has 0 saturated carbocycles. The van der Waals surface area contributed by atoms with Crippen LogP contribution >= 0.6 is 34.4 Å². The molecule has 1 unspecified atom stereocenters. The van der Waals surface area contributed by atoms with Gasteiger partial charge in [0.15, 0.2) is 5.16 Å². The van der Waals surface area contributed by atoms with Crippen LogP contribution in [-0.2, 0) is 17.8 Å². The zero-order valence-corrected chi connectivity index (χ0v) is 17.8. The Kier molecular flexibility index (Phi) is 5.39. The molecule has 0 fully saturated rings. The van der Waals surface area contributed by atoms with E-state index < -0.39 is 0 Å². The summed E-state index contributed by atoms with van der Waals surface area (Å²) in [6.07, 6.45) is 1.84. The minimum Gasteiger partial charge on any atom is -0.335 e. The first-order chi connectivity index (χ1) is 13.1. The molecule has 0 aliphatic carbocycles. The smallest absolute Gasteiger partial charge is 0.272 e. The van der Waals surface area contributed by atoms with Gasteiger partial charge in [-0.15, -0.1) is 22.7 Å². The van der Waals surface area contributed by atoms with Crippen molar-refractivity contribution in [2.24, 2.45) is 0 Å². The number of thioether (sulfide) groups is 1. The molecule has 0 radical (unpaired) electrons. The van der Waals surface area contributed by atoms with Crippen LogP contribution in [0.3, 0.4) is 0 Å². The third-order valence-corrected chi connectivity index (χ3v) is 7.82. The molecule has 142 valence electrons. The highest BCUT2D eigenvalue weighted by Gasteiger charge is 2.30. The molecule has 1 atom stereocenters. The van der Waals surface area contributed by atoms with Gasteiger partial charge in [0.05, 0.1) is 17.3 Å². The molecular weight excluding hydrogens is 398 g/mol. The van der Waals surface area contributed by atoms with Crippen LogP contribution in [0, 0.1) is 0 Å². The van der Waals surface area contributed by atoms with Crippen LogP contribution in [0.4, 0.5) is 0 Å². The fourth-order valence-corrected chi connectivity index (χ4v) is 6.31. The number of hydrogen-bond acceptors (Lipinski definition) is 6. The molecule has 5 nitrogen and oxygen atoms in total. The Bertz CT molecular complexity index is 1040. The lowest BCUT2D eigenvalue weighted by atomic mass is 9.98. The summed E-state index contributed by atoms with van der Waals surface area (Å²) in [5, 5.41) is 4.63. The lowest BCUT2D eigenvalue weighted by molar-refractivity contribution is -0.131. The number of rotatable bonds is 5. The van der Waals surface area contributed by atoms with Crippen LogP contribution < -0.4 is 5.56 Å². The van der Waals surface area contributed by atoms with Gasteiger partial charge < -0.3 is 4.90 Å². The van der Waals surface area contributed by atoms with Crippen LogP contribution in [0.2, 0.25) is 0 Å². The summed E-state index contributed by atoms with van der Waals surface area (Å²) in [6.45, 7) is 5.38. The molecule has 4 heterocycles. The maximum absolute atomic E-state index is 13.0. The molecule has 0 aromatic carbocycles. The van der Waals surface area contributed by atoms with Crippen molar-refractivity contribution in [1.29, 1.82) is 0 Å². The molecule has 0 saturated heterocycles. The second-order valence-electron chi connectivity index (χ2n) is 6.43. The number of carbonyl (C=O) groups excluding carboxylic acids is 1. The van der Waals surface area contributed by atoms with E-state index in [4.69, 9.17) is 0 Å². The monoisotopic (exact) mass is 419 g/mol. The summed E-state index contributed by atoms with van der Waals surface area (Å²) in [7, 11) is 0. The van der Waals surface area contributed by atoms with Crippen molar-refractivity contribution < 1.29 is 4.79 Å². The van der Waals surface area contributed by atoms with E-state index in [2.05, 4.69) is 23.4 Å². The fraction of sp³-hybridized carbons (Fsp3) is 0.421. The fourth-order valence-electron chi connectivity index (χ4n) is 3.66. The first-order valence-corrected chi connectivity index (χ1v) is 11.8. The Labute approximate surface area is 170 Å². The van der Waals surface area contributed by atoms with Crippen LogP contribution in [0.15, 0.2) is 32.8 Å². The standard InChI is InChI=1S/C19H21N3O2S3/c1-3-14-12-6-9-25-15(12)5-8-22(14)16(23)11-27-19-20-13-7-10-26-17(13)18(24)21(19)4-2/h6-7,9-10,14H,3-5,8,11H2,1-2H3. The Morgan fingerprint density at radius 2 is 2.11 bits per heavy atom. The van der Waals surface area contributed by atoms with E-state index >= 15 is 0 Å². The van der Waals surface area contributed by atoms with E-state index in [1.54, 1.807) is 15.9 Å². The van der Waals surface area contributed by atoms with Crippen LogP contribution in [0.25, 0.3) is 10.2 Å². The van der Waals surface area contributed by atoms with Crippen LogP contribution in [0.5, 0.6) is 0 Å². The molecular formula is C19H21N3O2S3. The Hall–Kier alpha value is -1.64. The van der Waals surface area contributed by atoms with Gasteiger partial charge in [0.2, 0.25) is 5.91 Å². The average molecular weight is 420 g/mol. The van der Waals surface area contributed by atoms with Gasteiger partial charge in [-0.25, -0.2) is 4.98 Å². The van der Waals surface area contributed by atoms with Gasteiger partial charge in [0.25, 0.3) is 5.56 Å². The minimum atomic E-state index is -0.0141. The highest BCUT2D eigenvalue weighted by molar-refractivity contribution is 7.99. The molecule has 0 bridgehead atoms. The number of carbonyl (C=O) groups is 1. The third kappa shape index (κ3) is 3.34.